The zero-order valence-electron chi connectivity index (χ0n) is 14.2. The zero-order chi connectivity index (χ0) is 17.1. The van der Waals surface area contributed by atoms with E-state index in [2.05, 4.69) is 4.98 Å². The largest absolute Gasteiger partial charge is 0.393 e. The van der Waals surface area contributed by atoms with E-state index in [9.17, 15) is 14.7 Å². The summed E-state index contributed by atoms with van der Waals surface area (Å²) in [4.78, 5) is 29.0. The molecule has 0 aromatic carbocycles. The summed E-state index contributed by atoms with van der Waals surface area (Å²) in [6, 6.07) is 0. The third-order valence-electron chi connectivity index (χ3n) is 4.83. The van der Waals surface area contributed by atoms with Crippen LogP contribution in [0.2, 0.25) is 0 Å². The summed E-state index contributed by atoms with van der Waals surface area (Å²) in [5.74, 6) is -0.551. The highest BCUT2D eigenvalue weighted by molar-refractivity contribution is 6.02. The molecule has 6 nitrogen and oxygen atoms in total. The molecule has 1 aliphatic rings. The lowest BCUT2D eigenvalue weighted by Gasteiger charge is -2.31. The van der Waals surface area contributed by atoms with Gasteiger partial charge < -0.3 is 20.7 Å². The van der Waals surface area contributed by atoms with Crippen LogP contribution in [0.25, 0.3) is 0 Å². The van der Waals surface area contributed by atoms with E-state index in [0.717, 1.165) is 25.7 Å². The molecule has 0 bridgehead atoms. The van der Waals surface area contributed by atoms with Crippen molar-refractivity contribution in [3.63, 3.8) is 0 Å². The molecule has 0 saturated heterocycles. The standard InChI is InChI=1S/C17H27N3O3/c1-4-12-14(16(18)22)10(2)19-15(12)17(23)20(3)9-11-7-5-6-8-13(11)21/h11,13,19,21H,4-9H2,1-3H3,(H2,18,22). The molecule has 2 unspecified atom stereocenters. The second-order valence-corrected chi connectivity index (χ2v) is 6.49. The van der Waals surface area contributed by atoms with E-state index in [4.69, 9.17) is 5.73 Å². The first-order chi connectivity index (χ1) is 10.9. The summed E-state index contributed by atoms with van der Waals surface area (Å²) in [6.07, 6.45) is 4.11. The fourth-order valence-corrected chi connectivity index (χ4v) is 3.57. The van der Waals surface area contributed by atoms with E-state index >= 15 is 0 Å². The molecule has 2 amide bonds. The number of nitrogens with zero attached hydrogens (tertiary/aromatic N) is 1. The van der Waals surface area contributed by atoms with Gasteiger partial charge in [0.25, 0.3) is 11.8 Å². The van der Waals surface area contributed by atoms with Gasteiger partial charge >= 0.3 is 0 Å². The molecular formula is C17H27N3O3. The lowest BCUT2D eigenvalue weighted by atomic mass is 9.86. The van der Waals surface area contributed by atoms with Gasteiger partial charge in [0.2, 0.25) is 0 Å². The van der Waals surface area contributed by atoms with Gasteiger partial charge in [-0.1, -0.05) is 19.8 Å². The van der Waals surface area contributed by atoms with E-state index < -0.39 is 5.91 Å². The number of aliphatic hydroxyl groups excluding tert-OH is 1. The van der Waals surface area contributed by atoms with Gasteiger partial charge in [-0.05, 0) is 31.7 Å². The number of rotatable bonds is 5. The quantitative estimate of drug-likeness (QED) is 0.768. The highest BCUT2D eigenvalue weighted by Crippen LogP contribution is 2.26. The van der Waals surface area contributed by atoms with Crippen LogP contribution in [0.15, 0.2) is 0 Å². The van der Waals surface area contributed by atoms with Crippen molar-refractivity contribution in [3.05, 3.63) is 22.5 Å². The van der Waals surface area contributed by atoms with Gasteiger partial charge in [0, 0.05) is 25.2 Å². The Kier molecular flexibility index (Phi) is 5.46. The Morgan fingerprint density at radius 3 is 2.57 bits per heavy atom. The van der Waals surface area contributed by atoms with Crippen LogP contribution in [0.4, 0.5) is 0 Å². The van der Waals surface area contributed by atoms with Gasteiger partial charge in [-0.25, -0.2) is 0 Å². The summed E-state index contributed by atoms with van der Waals surface area (Å²) < 4.78 is 0. The van der Waals surface area contributed by atoms with Crippen LogP contribution in [0.1, 0.15) is 64.7 Å². The first-order valence-corrected chi connectivity index (χ1v) is 8.31. The molecule has 1 saturated carbocycles. The maximum atomic E-state index is 12.8. The second kappa shape index (κ2) is 7.17. The number of hydrogen-bond acceptors (Lipinski definition) is 3. The predicted molar refractivity (Wildman–Crippen MR) is 88.4 cm³/mol. The summed E-state index contributed by atoms with van der Waals surface area (Å²) >= 11 is 0. The molecule has 0 aliphatic heterocycles. The van der Waals surface area contributed by atoms with Gasteiger partial charge in [0.1, 0.15) is 5.69 Å². The van der Waals surface area contributed by atoms with Crippen LogP contribution < -0.4 is 5.73 Å². The summed E-state index contributed by atoms with van der Waals surface area (Å²) in [5, 5.41) is 10.1. The van der Waals surface area contributed by atoms with E-state index in [0.29, 0.717) is 35.5 Å². The van der Waals surface area contributed by atoms with Gasteiger partial charge in [-0.15, -0.1) is 0 Å². The van der Waals surface area contributed by atoms with E-state index in [1.165, 1.54) is 0 Å². The van der Waals surface area contributed by atoms with Crippen LogP contribution >= 0.6 is 0 Å². The van der Waals surface area contributed by atoms with Gasteiger partial charge in [-0.3, -0.25) is 9.59 Å². The fraction of sp³-hybridized carbons (Fsp3) is 0.647. The topological polar surface area (TPSA) is 99.4 Å². The number of aliphatic hydroxyl groups is 1. The molecule has 23 heavy (non-hydrogen) atoms. The van der Waals surface area contributed by atoms with Crippen molar-refractivity contribution >= 4 is 11.8 Å². The third kappa shape index (κ3) is 3.58. The average Bonchev–Trinajstić information content (AvgIpc) is 2.85. The third-order valence-corrected chi connectivity index (χ3v) is 4.83. The van der Waals surface area contributed by atoms with E-state index in [1.54, 1.807) is 18.9 Å². The van der Waals surface area contributed by atoms with Gasteiger partial charge in [-0.2, -0.15) is 0 Å². The van der Waals surface area contributed by atoms with Crippen LogP contribution in [-0.4, -0.2) is 46.5 Å². The number of carbonyl (C=O) groups excluding carboxylic acids is 2. The minimum absolute atomic E-state index is 0.120. The monoisotopic (exact) mass is 321 g/mol. The highest BCUT2D eigenvalue weighted by atomic mass is 16.3. The Bertz CT molecular complexity index is 594. The number of amides is 2. The Labute approximate surface area is 137 Å². The van der Waals surface area contributed by atoms with Crippen molar-refractivity contribution in [2.75, 3.05) is 13.6 Å². The number of aryl methyl sites for hydroxylation is 1. The van der Waals surface area contributed by atoms with Crippen LogP contribution in [0.5, 0.6) is 0 Å². The lowest BCUT2D eigenvalue weighted by molar-refractivity contribution is 0.0448. The Hall–Kier alpha value is -1.82. The molecule has 2 atom stereocenters. The Morgan fingerprint density at radius 2 is 2.00 bits per heavy atom. The molecule has 128 valence electrons. The molecule has 6 heteroatoms. The van der Waals surface area contributed by atoms with Crippen molar-refractivity contribution < 1.29 is 14.7 Å². The summed E-state index contributed by atoms with van der Waals surface area (Å²) in [7, 11) is 1.74. The molecule has 0 spiro atoms. The Morgan fingerprint density at radius 1 is 1.35 bits per heavy atom. The molecule has 1 aliphatic carbocycles. The minimum Gasteiger partial charge on any atom is -0.393 e. The van der Waals surface area contributed by atoms with Crippen LogP contribution in [-0.2, 0) is 6.42 Å². The maximum Gasteiger partial charge on any atom is 0.270 e. The Balaban J connectivity index is 2.19. The lowest BCUT2D eigenvalue weighted by Crippen LogP contribution is -2.38. The number of nitrogens with two attached hydrogens (primary N) is 1. The zero-order valence-corrected chi connectivity index (χ0v) is 14.2. The molecule has 1 aromatic rings. The summed E-state index contributed by atoms with van der Waals surface area (Å²) in [6.45, 7) is 4.17. The highest BCUT2D eigenvalue weighted by Gasteiger charge is 2.28. The van der Waals surface area contributed by atoms with Crippen molar-refractivity contribution in [2.24, 2.45) is 11.7 Å². The first kappa shape index (κ1) is 17.5. The molecule has 1 fully saturated rings. The molecule has 2 rings (SSSR count). The SMILES string of the molecule is CCc1c(C(=O)N(C)CC2CCCCC2O)[nH]c(C)c1C(N)=O. The van der Waals surface area contributed by atoms with Crippen molar-refractivity contribution in [1.82, 2.24) is 9.88 Å². The number of aromatic amines is 1. The van der Waals surface area contributed by atoms with Crippen molar-refractivity contribution in [3.8, 4) is 0 Å². The number of hydrogen-bond donors (Lipinski definition) is 3. The predicted octanol–water partition coefficient (Wildman–Crippen LogP) is 1.61. The second-order valence-electron chi connectivity index (χ2n) is 6.49. The van der Waals surface area contributed by atoms with Crippen molar-refractivity contribution in [1.29, 1.82) is 0 Å². The molecule has 0 radical (unpaired) electrons. The fourth-order valence-electron chi connectivity index (χ4n) is 3.57. The average molecular weight is 321 g/mol. The first-order valence-electron chi connectivity index (χ1n) is 8.31. The van der Waals surface area contributed by atoms with E-state index in [1.807, 2.05) is 6.92 Å². The van der Waals surface area contributed by atoms with Crippen molar-refractivity contribution in [2.45, 2.75) is 52.1 Å². The maximum absolute atomic E-state index is 12.8. The molecule has 1 heterocycles. The normalized spacial score (nSPS) is 21.2. The minimum atomic E-state index is -0.514. The number of aromatic nitrogens is 1. The van der Waals surface area contributed by atoms with Crippen LogP contribution in [0.3, 0.4) is 0 Å². The van der Waals surface area contributed by atoms with Gasteiger partial charge in [0.15, 0.2) is 0 Å². The number of H-pyrrole nitrogens is 1. The van der Waals surface area contributed by atoms with Crippen LogP contribution in [0, 0.1) is 12.8 Å². The van der Waals surface area contributed by atoms with Gasteiger partial charge in [0.05, 0.1) is 11.7 Å². The summed E-state index contributed by atoms with van der Waals surface area (Å²) in [5.41, 5.74) is 7.59. The number of primary amides is 1. The van der Waals surface area contributed by atoms with E-state index in [-0.39, 0.29) is 17.9 Å². The molecular weight excluding hydrogens is 294 g/mol. The number of carbonyl (C=O) groups is 2. The molecule has 1 aromatic heterocycles. The molecule has 4 N–H and O–H groups in total. The smallest absolute Gasteiger partial charge is 0.270 e. The number of nitrogens with one attached hydrogen (secondary N) is 1.